The fourth-order valence-electron chi connectivity index (χ4n) is 1.91. The number of carbonyl (C=O) groups excluding carboxylic acids is 1. The van der Waals surface area contributed by atoms with E-state index in [1.165, 1.54) is 4.90 Å². The first-order chi connectivity index (χ1) is 10.5. The third-order valence-electron chi connectivity index (χ3n) is 2.88. The second kappa shape index (κ2) is 9.67. The molecule has 23 heavy (non-hydrogen) atoms. The molecule has 134 valence electrons. The molecule has 0 fully saturated rings. The molecule has 0 aliphatic carbocycles. The molecule has 2 unspecified atom stereocenters. The highest BCUT2D eigenvalue weighted by Crippen LogP contribution is 2.14. The number of aliphatic imine (C=N–C) groups is 1. The van der Waals surface area contributed by atoms with Crippen LogP contribution in [0.3, 0.4) is 0 Å². The number of hydrogen-bond donors (Lipinski definition) is 1. The van der Waals surface area contributed by atoms with Crippen molar-refractivity contribution in [2.45, 2.75) is 52.7 Å². The minimum atomic E-state index is -2.20. The van der Waals surface area contributed by atoms with Crippen LogP contribution in [0.25, 0.3) is 0 Å². The van der Waals surface area contributed by atoms with Gasteiger partial charge in [0.25, 0.3) is 0 Å². The van der Waals surface area contributed by atoms with E-state index in [0.29, 0.717) is 18.5 Å². The van der Waals surface area contributed by atoms with E-state index in [2.05, 4.69) is 11.6 Å². The van der Waals surface area contributed by atoms with E-state index in [0.717, 1.165) is 0 Å². The van der Waals surface area contributed by atoms with Crippen molar-refractivity contribution in [1.82, 2.24) is 4.90 Å². The highest BCUT2D eigenvalue weighted by Gasteiger charge is 2.28. The summed E-state index contributed by atoms with van der Waals surface area (Å²) >= 11 is -2.20. The van der Waals surface area contributed by atoms with Crippen molar-refractivity contribution in [3.05, 3.63) is 12.2 Å². The first kappa shape index (κ1) is 21.6. The average Bonchev–Trinajstić information content (AvgIpc) is 2.39. The van der Waals surface area contributed by atoms with Crippen LogP contribution in [-0.4, -0.2) is 56.1 Å². The molecule has 0 saturated heterocycles. The summed E-state index contributed by atoms with van der Waals surface area (Å²) in [5.74, 6) is 0.106. The van der Waals surface area contributed by atoms with E-state index in [1.54, 1.807) is 20.8 Å². The molecule has 0 spiro atoms. The number of rotatable bonds is 8. The van der Waals surface area contributed by atoms with Crippen LogP contribution in [0.4, 0.5) is 4.79 Å². The maximum absolute atomic E-state index is 12.3. The summed E-state index contributed by atoms with van der Waals surface area (Å²) in [4.78, 5) is 18.0. The molecule has 0 rings (SSSR count). The standard InChI is InChI=1S/C15H29N3O4S/c1-7-12(13(16)17-9-11(3)10-23(20)21)18(8-2)14(19)22-15(4,5)6/h12H,3,7-10H2,1-2,4-6H3,(H2,16,17)(H,20,21)/p-1. The van der Waals surface area contributed by atoms with E-state index in [4.69, 9.17) is 10.5 Å². The van der Waals surface area contributed by atoms with Gasteiger partial charge in [0.05, 0.1) is 12.6 Å². The van der Waals surface area contributed by atoms with Gasteiger partial charge in [0, 0.05) is 12.3 Å². The van der Waals surface area contributed by atoms with Crippen molar-refractivity contribution in [2.24, 2.45) is 10.7 Å². The van der Waals surface area contributed by atoms with Crippen LogP contribution >= 0.6 is 0 Å². The fraction of sp³-hybridized carbons (Fsp3) is 0.733. The lowest BCUT2D eigenvalue weighted by Gasteiger charge is -2.32. The summed E-state index contributed by atoms with van der Waals surface area (Å²) < 4.78 is 26.6. The summed E-state index contributed by atoms with van der Waals surface area (Å²) in [5.41, 5.74) is 5.84. The first-order valence-corrected chi connectivity index (χ1v) is 8.78. The highest BCUT2D eigenvalue weighted by atomic mass is 32.2. The van der Waals surface area contributed by atoms with Gasteiger partial charge in [0.1, 0.15) is 11.4 Å². The molecule has 2 N–H and O–H groups in total. The number of amides is 1. The van der Waals surface area contributed by atoms with E-state index < -0.39 is 28.8 Å². The van der Waals surface area contributed by atoms with Crippen molar-refractivity contribution >= 4 is 23.0 Å². The molecule has 2 atom stereocenters. The lowest BCUT2D eigenvalue weighted by atomic mass is 10.1. The van der Waals surface area contributed by atoms with E-state index in [9.17, 15) is 13.6 Å². The summed E-state index contributed by atoms with van der Waals surface area (Å²) in [5, 5.41) is 0. The molecule has 0 saturated carbocycles. The van der Waals surface area contributed by atoms with Crippen molar-refractivity contribution in [3.63, 3.8) is 0 Å². The van der Waals surface area contributed by atoms with Gasteiger partial charge in [-0.1, -0.05) is 24.6 Å². The zero-order valence-electron chi connectivity index (χ0n) is 14.6. The number of amidine groups is 1. The topological polar surface area (TPSA) is 108 Å². The van der Waals surface area contributed by atoms with Gasteiger partial charge >= 0.3 is 6.09 Å². The van der Waals surface area contributed by atoms with Gasteiger partial charge in [-0.25, -0.2) is 4.79 Å². The van der Waals surface area contributed by atoms with Gasteiger partial charge in [0.15, 0.2) is 0 Å². The lowest BCUT2D eigenvalue weighted by molar-refractivity contribution is 0.0220. The maximum Gasteiger partial charge on any atom is 0.410 e. The third-order valence-corrected chi connectivity index (χ3v) is 3.52. The molecule has 0 bridgehead atoms. The summed E-state index contributed by atoms with van der Waals surface area (Å²) in [6, 6.07) is -0.402. The Balaban J connectivity index is 5.02. The molecule has 0 aliphatic heterocycles. The molecule has 8 heteroatoms. The van der Waals surface area contributed by atoms with Crippen LogP contribution in [0, 0.1) is 0 Å². The minimum absolute atomic E-state index is 0.113. The number of nitrogens with two attached hydrogens (primary N) is 1. The van der Waals surface area contributed by atoms with Crippen molar-refractivity contribution < 1.29 is 18.3 Å². The van der Waals surface area contributed by atoms with Crippen molar-refractivity contribution in [1.29, 1.82) is 0 Å². The van der Waals surface area contributed by atoms with Crippen LogP contribution in [0.15, 0.2) is 17.1 Å². The normalized spacial score (nSPS) is 15.0. The fourth-order valence-corrected chi connectivity index (χ4v) is 2.33. The SMILES string of the molecule is C=C(CN=C(N)C(CC)N(CC)C(=O)OC(C)(C)C)CS(=O)[O-]. The predicted octanol–water partition coefficient (Wildman–Crippen LogP) is 1.81. The summed E-state index contributed by atoms with van der Waals surface area (Å²) in [6.45, 7) is 13.3. The number of ether oxygens (including phenoxy) is 1. The summed E-state index contributed by atoms with van der Waals surface area (Å²) in [7, 11) is 0. The monoisotopic (exact) mass is 346 g/mol. The maximum atomic E-state index is 12.3. The highest BCUT2D eigenvalue weighted by molar-refractivity contribution is 7.79. The molecule has 1 amide bonds. The van der Waals surface area contributed by atoms with Crippen LogP contribution in [0.1, 0.15) is 41.0 Å². The molecular formula is C15H28N3O4S-. The van der Waals surface area contributed by atoms with Crippen LogP contribution in [-0.2, 0) is 15.8 Å². The Labute approximate surface area is 141 Å². The average molecular weight is 346 g/mol. The molecule has 0 aromatic carbocycles. The van der Waals surface area contributed by atoms with Crippen LogP contribution in [0.2, 0.25) is 0 Å². The molecule has 0 radical (unpaired) electrons. The minimum Gasteiger partial charge on any atom is -0.772 e. The number of carbonyl (C=O) groups is 1. The Hall–Kier alpha value is -1.41. The van der Waals surface area contributed by atoms with E-state index in [-0.39, 0.29) is 18.1 Å². The number of nitrogens with zero attached hydrogens (tertiary/aromatic N) is 2. The Morgan fingerprint density at radius 2 is 2.00 bits per heavy atom. The molecule has 0 aromatic rings. The largest absolute Gasteiger partial charge is 0.772 e. The van der Waals surface area contributed by atoms with Gasteiger partial charge in [-0.15, -0.1) is 0 Å². The van der Waals surface area contributed by atoms with Gasteiger partial charge < -0.3 is 15.0 Å². The Bertz CT molecular complexity index is 472. The smallest absolute Gasteiger partial charge is 0.410 e. The van der Waals surface area contributed by atoms with Crippen molar-refractivity contribution in [3.8, 4) is 0 Å². The lowest BCUT2D eigenvalue weighted by Crippen LogP contribution is -2.49. The van der Waals surface area contributed by atoms with E-state index in [1.807, 2.05) is 13.8 Å². The predicted molar refractivity (Wildman–Crippen MR) is 92.1 cm³/mol. The Morgan fingerprint density at radius 3 is 2.39 bits per heavy atom. The molecular weight excluding hydrogens is 318 g/mol. The third kappa shape index (κ3) is 8.71. The van der Waals surface area contributed by atoms with Crippen molar-refractivity contribution in [2.75, 3.05) is 18.8 Å². The molecule has 0 aliphatic rings. The van der Waals surface area contributed by atoms with Gasteiger partial charge in [-0.2, -0.15) is 0 Å². The van der Waals surface area contributed by atoms with Gasteiger partial charge in [-0.3, -0.25) is 14.1 Å². The first-order valence-electron chi connectivity index (χ1n) is 7.53. The van der Waals surface area contributed by atoms with Crippen LogP contribution < -0.4 is 5.73 Å². The zero-order chi connectivity index (χ0) is 18.2. The second-order valence-corrected chi connectivity index (χ2v) is 7.03. The second-order valence-electron chi connectivity index (χ2n) is 6.13. The summed E-state index contributed by atoms with van der Waals surface area (Å²) in [6.07, 6.45) is 0.118. The Kier molecular flexibility index (Phi) is 9.07. The van der Waals surface area contributed by atoms with Crippen LogP contribution in [0.5, 0.6) is 0 Å². The van der Waals surface area contributed by atoms with E-state index >= 15 is 0 Å². The molecule has 0 heterocycles. The number of likely N-dealkylation sites (N-methyl/N-ethyl adjacent to an activating group) is 1. The van der Waals surface area contributed by atoms with Gasteiger partial charge in [-0.05, 0) is 39.7 Å². The molecule has 7 nitrogen and oxygen atoms in total. The quantitative estimate of drug-likeness (QED) is 0.312. The Morgan fingerprint density at radius 1 is 1.43 bits per heavy atom. The number of hydrogen-bond acceptors (Lipinski definition) is 5. The van der Waals surface area contributed by atoms with Gasteiger partial charge in [0.2, 0.25) is 0 Å². The zero-order valence-corrected chi connectivity index (χ0v) is 15.4. The molecule has 0 aromatic heterocycles.